The molecule has 2 aliphatic carbocycles. The molecule has 4 heteroatoms. The number of aromatic nitrogens is 1. The zero-order chi connectivity index (χ0) is 19.3. The van der Waals surface area contributed by atoms with Crippen LogP contribution in [-0.2, 0) is 20.9 Å². The number of ketones is 2. The number of aryl methyl sites for hydroxylation is 1. The number of benzene rings is 1. The number of hydrogen-bond donors (Lipinski definition) is 0. The molecule has 1 aromatic carbocycles. The highest BCUT2D eigenvalue weighted by molar-refractivity contribution is 6.07. The molecule has 2 heterocycles. The standard InChI is InChI=1S/C24H25NO3/c1-2-13-25-14-16(15-7-3-4-8-17(15)25)22-23-18(26)9-5-11-20(23)28-21-12-6-10-19(27)24(21)22/h3-4,7-8,14,22H,2,5-6,9-13H2,1H3. The van der Waals surface area contributed by atoms with E-state index >= 15 is 0 Å². The van der Waals surface area contributed by atoms with Gasteiger partial charge in [-0.2, -0.15) is 0 Å². The zero-order valence-electron chi connectivity index (χ0n) is 16.3. The summed E-state index contributed by atoms with van der Waals surface area (Å²) in [4.78, 5) is 26.0. The van der Waals surface area contributed by atoms with Crippen molar-refractivity contribution in [2.75, 3.05) is 0 Å². The van der Waals surface area contributed by atoms with Crippen LogP contribution in [-0.4, -0.2) is 16.1 Å². The van der Waals surface area contributed by atoms with Crippen LogP contribution in [0.3, 0.4) is 0 Å². The molecule has 0 saturated heterocycles. The quantitative estimate of drug-likeness (QED) is 0.743. The van der Waals surface area contributed by atoms with Crippen LogP contribution in [0.5, 0.6) is 0 Å². The molecule has 1 aliphatic heterocycles. The Hall–Kier alpha value is -2.62. The summed E-state index contributed by atoms with van der Waals surface area (Å²) in [5.41, 5.74) is 3.72. The van der Waals surface area contributed by atoms with Gasteiger partial charge in [-0.05, 0) is 30.9 Å². The molecule has 0 saturated carbocycles. The molecule has 1 aromatic heterocycles. The van der Waals surface area contributed by atoms with E-state index in [2.05, 4.69) is 35.9 Å². The van der Waals surface area contributed by atoms with Gasteiger partial charge in [-0.3, -0.25) is 9.59 Å². The summed E-state index contributed by atoms with van der Waals surface area (Å²) in [5.74, 6) is 1.62. The zero-order valence-corrected chi connectivity index (χ0v) is 16.3. The van der Waals surface area contributed by atoms with Gasteiger partial charge < -0.3 is 9.30 Å². The van der Waals surface area contributed by atoms with E-state index < -0.39 is 0 Å². The minimum absolute atomic E-state index is 0.142. The molecule has 0 radical (unpaired) electrons. The van der Waals surface area contributed by atoms with Gasteiger partial charge in [-0.15, -0.1) is 0 Å². The summed E-state index contributed by atoms with van der Waals surface area (Å²) in [5, 5.41) is 1.14. The fourth-order valence-corrected chi connectivity index (χ4v) is 5.06. The third-order valence-electron chi connectivity index (χ3n) is 6.24. The number of hydrogen-bond acceptors (Lipinski definition) is 3. The second-order valence-corrected chi connectivity index (χ2v) is 8.06. The predicted octanol–water partition coefficient (Wildman–Crippen LogP) is 5.18. The van der Waals surface area contributed by atoms with Gasteiger partial charge in [-0.25, -0.2) is 0 Å². The predicted molar refractivity (Wildman–Crippen MR) is 108 cm³/mol. The smallest absolute Gasteiger partial charge is 0.163 e. The summed E-state index contributed by atoms with van der Waals surface area (Å²) >= 11 is 0. The van der Waals surface area contributed by atoms with E-state index in [0.29, 0.717) is 12.8 Å². The second kappa shape index (κ2) is 6.77. The maximum absolute atomic E-state index is 13.0. The molecule has 0 spiro atoms. The van der Waals surface area contributed by atoms with Crippen molar-refractivity contribution in [3.63, 3.8) is 0 Å². The van der Waals surface area contributed by atoms with Crippen molar-refractivity contribution in [3.05, 3.63) is 58.7 Å². The molecular weight excluding hydrogens is 350 g/mol. The number of allylic oxidation sites excluding steroid dienone is 4. The lowest BCUT2D eigenvalue weighted by Crippen LogP contribution is -2.30. The highest BCUT2D eigenvalue weighted by atomic mass is 16.5. The van der Waals surface area contributed by atoms with Crippen molar-refractivity contribution in [1.29, 1.82) is 0 Å². The van der Waals surface area contributed by atoms with E-state index in [1.807, 2.05) is 6.07 Å². The number of carbonyl (C=O) groups is 2. The lowest BCUT2D eigenvalue weighted by atomic mass is 9.73. The third kappa shape index (κ3) is 2.58. The van der Waals surface area contributed by atoms with E-state index in [1.165, 1.54) is 5.52 Å². The van der Waals surface area contributed by atoms with Crippen molar-refractivity contribution < 1.29 is 14.3 Å². The van der Waals surface area contributed by atoms with Gasteiger partial charge in [-0.1, -0.05) is 25.1 Å². The van der Waals surface area contributed by atoms with Gasteiger partial charge in [0.25, 0.3) is 0 Å². The maximum Gasteiger partial charge on any atom is 0.163 e. The summed E-state index contributed by atoms with van der Waals surface area (Å²) in [6.45, 7) is 3.09. The Morgan fingerprint density at radius 2 is 1.61 bits per heavy atom. The molecule has 0 N–H and O–H groups in total. The minimum Gasteiger partial charge on any atom is -0.465 e. The first-order valence-corrected chi connectivity index (χ1v) is 10.5. The van der Waals surface area contributed by atoms with Crippen LogP contribution in [0.4, 0.5) is 0 Å². The Labute approximate surface area is 164 Å². The van der Waals surface area contributed by atoms with Crippen molar-refractivity contribution in [2.24, 2.45) is 0 Å². The number of fused-ring (bicyclic) bond motifs is 1. The van der Waals surface area contributed by atoms with Crippen LogP contribution >= 0.6 is 0 Å². The second-order valence-electron chi connectivity index (χ2n) is 8.06. The molecule has 5 rings (SSSR count). The van der Waals surface area contributed by atoms with Gasteiger partial charge in [0.15, 0.2) is 11.6 Å². The molecule has 28 heavy (non-hydrogen) atoms. The monoisotopic (exact) mass is 375 g/mol. The van der Waals surface area contributed by atoms with Gasteiger partial charge >= 0.3 is 0 Å². The lowest BCUT2D eigenvalue weighted by Gasteiger charge is -2.35. The molecule has 4 nitrogen and oxygen atoms in total. The van der Waals surface area contributed by atoms with Crippen LogP contribution in [0, 0.1) is 0 Å². The average Bonchev–Trinajstić information content (AvgIpc) is 3.06. The van der Waals surface area contributed by atoms with Gasteiger partial charge in [0.1, 0.15) is 11.5 Å². The van der Waals surface area contributed by atoms with Gasteiger partial charge in [0.2, 0.25) is 0 Å². The van der Waals surface area contributed by atoms with Crippen LogP contribution in [0.2, 0.25) is 0 Å². The van der Waals surface area contributed by atoms with Crippen molar-refractivity contribution in [1.82, 2.24) is 4.57 Å². The van der Waals surface area contributed by atoms with E-state index in [4.69, 9.17) is 4.74 Å². The van der Waals surface area contributed by atoms with Gasteiger partial charge in [0, 0.05) is 66.4 Å². The Morgan fingerprint density at radius 3 is 2.25 bits per heavy atom. The topological polar surface area (TPSA) is 48.3 Å². The van der Waals surface area contributed by atoms with Crippen molar-refractivity contribution >= 4 is 22.5 Å². The van der Waals surface area contributed by atoms with E-state index in [0.717, 1.165) is 72.3 Å². The average molecular weight is 375 g/mol. The van der Waals surface area contributed by atoms with Crippen LogP contribution in [0.25, 0.3) is 10.9 Å². The van der Waals surface area contributed by atoms with Crippen LogP contribution in [0.15, 0.2) is 53.1 Å². The number of ether oxygens (including phenoxy) is 1. The number of carbonyl (C=O) groups excluding carboxylic acids is 2. The van der Waals surface area contributed by atoms with Crippen LogP contribution in [0.1, 0.15) is 63.4 Å². The SMILES string of the molecule is CCCn1cc(C2C3=C(CCCC3=O)OC3=C2C(=O)CCC3)c2ccccc21. The molecule has 0 fully saturated rings. The Bertz CT molecular complexity index is 1010. The first-order valence-electron chi connectivity index (χ1n) is 10.5. The first-order chi connectivity index (χ1) is 13.7. The summed E-state index contributed by atoms with van der Waals surface area (Å²) in [6.07, 6.45) is 7.53. The number of Topliss-reactive ketones (excluding diaryl/α,β-unsaturated/α-hetero) is 2. The molecular formula is C24H25NO3. The van der Waals surface area contributed by atoms with E-state index in [9.17, 15) is 9.59 Å². The minimum atomic E-state index is -0.276. The first kappa shape index (κ1) is 17.5. The summed E-state index contributed by atoms with van der Waals surface area (Å²) in [6, 6.07) is 8.34. The van der Waals surface area contributed by atoms with E-state index in [1.54, 1.807) is 0 Å². The lowest BCUT2D eigenvalue weighted by molar-refractivity contribution is -0.117. The normalized spacial score (nSPS) is 20.5. The highest BCUT2D eigenvalue weighted by Crippen LogP contribution is 2.49. The fourth-order valence-electron chi connectivity index (χ4n) is 5.06. The molecule has 0 amide bonds. The van der Waals surface area contributed by atoms with Crippen molar-refractivity contribution in [2.45, 2.75) is 64.3 Å². The number of para-hydroxylation sites is 1. The van der Waals surface area contributed by atoms with E-state index in [-0.39, 0.29) is 17.5 Å². The Morgan fingerprint density at radius 1 is 0.964 bits per heavy atom. The number of nitrogens with zero attached hydrogens (tertiary/aromatic N) is 1. The molecule has 0 unspecified atom stereocenters. The largest absolute Gasteiger partial charge is 0.465 e. The Balaban J connectivity index is 1.77. The van der Waals surface area contributed by atoms with Crippen molar-refractivity contribution in [3.8, 4) is 0 Å². The summed E-state index contributed by atoms with van der Waals surface area (Å²) < 4.78 is 8.43. The number of rotatable bonds is 3. The highest BCUT2D eigenvalue weighted by Gasteiger charge is 2.42. The fraction of sp³-hybridized carbons (Fsp3) is 0.417. The maximum atomic E-state index is 13.0. The molecule has 2 aromatic rings. The third-order valence-corrected chi connectivity index (χ3v) is 6.24. The molecule has 3 aliphatic rings. The Kier molecular flexibility index (Phi) is 4.22. The van der Waals surface area contributed by atoms with Gasteiger partial charge in [0.05, 0.1) is 0 Å². The summed E-state index contributed by atoms with van der Waals surface area (Å²) in [7, 11) is 0. The molecule has 0 bridgehead atoms. The molecule has 0 atom stereocenters. The van der Waals surface area contributed by atoms with Crippen LogP contribution < -0.4 is 0 Å². The molecule has 144 valence electrons.